The van der Waals surface area contributed by atoms with Crippen molar-refractivity contribution in [3.05, 3.63) is 17.7 Å². The molecule has 23 heavy (non-hydrogen) atoms. The molecule has 3 aliphatic rings. The van der Waals surface area contributed by atoms with Gasteiger partial charge in [-0.2, -0.15) is 0 Å². The summed E-state index contributed by atoms with van der Waals surface area (Å²) in [5, 5.41) is 0. The van der Waals surface area contributed by atoms with Gasteiger partial charge in [0, 0.05) is 43.4 Å². The van der Waals surface area contributed by atoms with Gasteiger partial charge >= 0.3 is 0 Å². The van der Waals surface area contributed by atoms with Gasteiger partial charge in [0.25, 0.3) is 0 Å². The number of carbonyl (C=O) groups is 1. The van der Waals surface area contributed by atoms with E-state index in [1.807, 2.05) is 6.20 Å². The first-order valence-corrected chi connectivity index (χ1v) is 9.53. The predicted octanol–water partition coefficient (Wildman–Crippen LogP) is 3.50. The van der Waals surface area contributed by atoms with Crippen molar-refractivity contribution in [2.45, 2.75) is 70.8 Å². The van der Waals surface area contributed by atoms with E-state index < -0.39 is 0 Å². The molecule has 1 saturated heterocycles. The number of nitrogens with zero attached hydrogens (tertiary/aromatic N) is 3. The zero-order chi connectivity index (χ0) is 15.8. The summed E-state index contributed by atoms with van der Waals surface area (Å²) in [5.74, 6) is 3.35. The van der Waals surface area contributed by atoms with Crippen molar-refractivity contribution in [2.24, 2.45) is 11.8 Å². The van der Waals surface area contributed by atoms with Crippen LogP contribution >= 0.6 is 0 Å². The van der Waals surface area contributed by atoms with Crippen LogP contribution in [0.4, 0.5) is 0 Å². The topological polar surface area (TPSA) is 38.1 Å². The summed E-state index contributed by atoms with van der Waals surface area (Å²) in [7, 11) is 0. The van der Waals surface area contributed by atoms with Crippen molar-refractivity contribution in [1.29, 1.82) is 0 Å². The third-order valence-corrected chi connectivity index (χ3v) is 6.30. The van der Waals surface area contributed by atoms with E-state index >= 15 is 0 Å². The molecule has 0 radical (unpaired) electrons. The lowest BCUT2D eigenvalue weighted by molar-refractivity contribution is -0.134. The van der Waals surface area contributed by atoms with Crippen LogP contribution in [0, 0.1) is 18.8 Å². The van der Waals surface area contributed by atoms with Crippen LogP contribution in [0.5, 0.6) is 0 Å². The van der Waals surface area contributed by atoms with Crippen LogP contribution in [-0.4, -0.2) is 33.4 Å². The van der Waals surface area contributed by atoms with Gasteiger partial charge in [0.1, 0.15) is 5.82 Å². The van der Waals surface area contributed by atoms with Gasteiger partial charge in [-0.1, -0.05) is 19.3 Å². The second-order valence-corrected chi connectivity index (χ2v) is 7.92. The lowest BCUT2D eigenvalue weighted by Gasteiger charge is -2.27. The molecule has 4 nitrogen and oxygen atoms in total. The third-order valence-electron chi connectivity index (χ3n) is 6.30. The van der Waals surface area contributed by atoms with Gasteiger partial charge in [0.15, 0.2) is 0 Å². The molecule has 0 aromatic carbocycles. The van der Waals surface area contributed by atoms with Crippen molar-refractivity contribution < 1.29 is 4.79 Å². The summed E-state index contributed by atoms with van der Waals surface area (Å²) in [5.41, 5.74) is 1.28. The van der Waals surface area contributed by atoms with Gasteiger partial charge in [-0.15, -0.1) is 0 Å². The maximum Gasteiger partial charge on any atom is 0.225 e. The Hall–Kier alpha value is -1.32. The first-order chi connectivity index (χ1) is 11.2. The average molecular weight is 315 g/mol. The van der Waals surface area contributed by atoms with Crippen LogP contribution in [0.25, 0.3) is 0 Å². The Balaban J connectivity index is 1.39. The molecule has 0 spiro atoms. The smallest absolute Gasteiger partial charge is 0.225 e. The Bertz CT molecular complexity index is 569. The highest BCUT2D eigenvalue weighted by Gasteiger charge is 2.33. The van der Waals surface area contributed by atoms with Crippen LogP contribution in [-0.2, 0) is 11.3 Å². The number of aromatic nitrogens is 2. The molecule has 2 heterocycles. The fraction of sp³-hybridized carbons (Fsp3) is 0.789. The molecular formula is C19H29N3O. The van der Waals surface area contributed by atoms with Crippen LogP contribution < -0.4 is 0 Å². The molecule has 1 aromatic rings. The van der Waals surface area contributed by atoms with Gasteiger partial charge in [0.05, 0.1) is 0 Å². The highest BCUT2D eigenvalue weighted by molar-refractivity contribution is 5.79. The summed E-state index contributed by atoms with van der Waals surface area (Å²) in [4.78, 5) is 19.4. The average Bonchev–Trinajstić information content (AvgIpc) is 3.22. The van der Waals surface area contributed by atoms with E-state index in [0.717, 1.165) is 38.9 Å². The van der Waals surface area contributed by atoms with E-state index in [-0.39, 0.29) is 0 Å². The summed E-state index contributed by atoms with van der Waals surface area (Å²) < 4.78 is 2.44. The molecular weight excluding hydrogens is 286 g/mol. The van der Waals surface area contributed by atoms with Crippen LogP contribution in [0.1, 0.15) is 68.8 Å². The van der Waals surface area contributed by atoms with Crippen LogP contribution in [0.3, 0.4) is 0 Å². The van der Waals surface area contributed by atoms with Crippen molar-refractivity contribution in [3.8, 4) is 0 Å². The Labute approximate surface area is 139 Å². The number of carbonyl (C=O) groups excluding carboxylic acids is 1. The molecule has 2 saturated carbocycles. The molecule has 126 valence electrons. The van der Waals surface area contributed by atoms with Crippen molar-refractivity contribution in [2.75, 3.05) is 13.1 Å². The highest BCUT2D eigenvalue weighted by Crippen LogP contribution is 2.36. The number of hydrogen-bond acceptors (Lipinski definition) is 2. The monoisotopic (exact) mass is 315 g/mol. The first-order valence-electron chi connectivity index (χ1n) is 9.53. The van der Waals surface area contributed by atoms with E-state index in [2.05, 4.69) is 21.4 Å². The molecule has 3 fully saturated rings. The fourth-order valence-electron chi connectivity index (χ4n) is 4.58. The van der Waals surface area contributed by atoms with Gasteiger partial charge in [-0.25, -0.2) is 4.98 Å². The SMILES string of the molecule is Cc1cnc(C2CCC2)n1CC1CCN(C(=O)C2CCCC2)C1. The number of rotatable bonds is 4. The second kappa shape index (κ2) is 6.29. The molecule has 4 rings (SSSR count). The molecule has 2 aliphatic carbocycles. The van der Waals surface area contributed by atoms with Crippen LogP contribution in [0.15, 0.2) is 6.20 Å². The minimum Gasteiger partial charge on any atom is -0.342 e. The summed E-state index contributed by atoms with van der Waals surface area (Å²) >= 11 is 0. The lowest BCUT2D eigenvalue weighted by Crippen LogP contribution is -2.33. The van der Waals surface area contributed by atoms with Crippen molar-refractivity contribution in [3.63, 3.8) is 0 Å². The maximum absolute atomic E-state index is 12.6. The summed E-state index contributed by atoms with van der Waals surface area (Å²) in [6.07, 6.45) is 11.9. The Morgan fingerprint density at radius 1 is 1.17 bits per heavy atom. The maximum atomic E-state index is 12.6. The first kappa shape index (κ1) is 15.2. The second-order valence-electron chi connectivity index (χ2n) is 7.92. The highest BCUT2D eigenvalue weighted by atomic mass is 16.2. The summed E-state index contributed by atoms with van der Waals surface area (Å²) in [6.45, 7) is 5.14. The molecule has 1 atom stereocenters. The molecule has 1 aliphatic heterocycles. The predicted molar refractivity (Wildman–Crippen MR) is 90.2 cm³/mol. The van der Waals surface area contributed by atoms with E-state index in [9.17, 15) is 4.79 Å². The van der Waals surface area contributed by atoms with E-state index in [0.29, 0.717) is 23.7 Å². The van der Waals surface area contributed by atoms with Gasteiger partial charge in [-0.05, 0) is 44.9 Å². The normalized spacial score (nSPS) is 26.0. The summed E-state index contributed by atoms with van der Waals surface area (Å²) in [6, 6.07) is 0. The Morgan fingerprint density at radius 3 is 2.65 bits per heavy atom. The van der Waals surface area contributed by atoms with Gasteiger partial charge in [0.2, 0.25) is 5.91 Å². The number of likely N-dealkylation sites (tertiary alicyclic amines) is 1. The number of imidazole rings is 1. The van der Waals surface area contributed by atoms with E-state index in [4.69, 9.17) is 0 Å². The largest absolute Gasteiger partial charge is 0.342 e. The molecule has 0 N–H and O–H groups in total. The standard InChI is InChI=1S/C19H29N3O/c1-14-11-20-18(16-7-4-8-16)22(14)13-15-9-10-21(12-15)19(23)17-5-2-3-6-17/h11,15-17H,2-10,12-13H2,1H3. The number of amides is 1. The van der Waals surface area contributed by atoms with Crippen molar-refractivity contribution >= 4 is 5.91 Å². The van der Waals surface area contributed by atoms with E-state index in [1.165, 1.54) is 43.6 Å². The van der Waals surface area contributed by atoms with Crippen LogP contribution in [0.2, 0.25) is 0 Å². The lowest BCUT2D eigenvalue weighted by atomic mass is 9.84. The molecule has 1 amide bonds. The Morgan fingerprint density at radius 2 is 1.96 bits per heavy atom. The van der Waals surface area contributed by atoms with Crippen molar-refractivity contribution in [1.82, 2.24) is 14.5 Å². The quantitative estimate of drug-likeness (QED) is 0.853. The van der Waals surface area contributed by atoms with E-state index in [1.54, 1.807) is 0 Å². The molecule has 1 aromatic heterocycles. The Kier molecular flexibility index (Phi) is 4.16. The molecule has 0 bridgehead atoms. The van der Waals surface area contributed by atoms with Gasteiger partial charge in [-0.3, -0.25) is 4.79 Å². The number of hydrogen-bond donors (Lipinski definition) is 0. The molecule has 1 unspecified atom stereocenters. The minimum atomic E-state index is 0.328. The molecule has 4 heteroatoms. The zero-order valence-electron chi connectivity index (χ0n) is 14.3. The fourth-order valence-corrected chi connectivity index (χ4v) is 4.58. The minimum absolute atomic E-state index is 0.328. The third kappa shape index (κ3) is 2.92. The zero-order valence-corrected chi connectivity index (χ0v) is 14.3. The van der Waals surface area contributed by atoms with Gasteiger partial charge < -0.3 is 9.47 Å². The number of aryl methyl sites for hydroxylation is 1.